The van der Waals surface area contributed by atoms with E-state index in [1.54, 1.807) is 0 Å². The van der Waals surface area contributed by atoms with Crippen LogP contribution in [0.25, 0.3) is 0 Å². The number of aliphatic hydroxyl groups is 1. The maximum Gasteiger partial charge on any atom is 0.0630 e. The molecule has 2 rings (SSSR count). The van der Waals surface area contributed by atoms with Crippen LogP contribution in [0.15, 0.2) is 18.2 Å². The van der Waals surface area contributed by atoms with Gasteiger partial charge in [-0.2, -0.15) is 0 Å². The van der Waals surface area contributed by atoms with Crippen LogP contribution in [0.1, 0.15) is 25.8 Å². The highest BCUT2D eigenvalue weighted by atomic mass is 16.3. The summed E-state index contributed by atoms with van der Waals surface area (Å²) in [7, 11) is 0. The fourth-order valence-corrected chi connectivity index (χ4v) is 2.08. The topological polar surface area (TPSA) is 58.3 Å². The Morgan fingerprint density at radius 2 is 2.12 bits per heavy atom. The zero-order valence-corrected chi connectivity index (χ0v) is 10.1. The summed E-state index contributed by atoms with van der Waals surface area (Å²) in [6.07, 6.45) is 0.605. The monoisotopic (exact) mass is 220 g/mol. The SMILES string of the molecule is Cc1ccc(NC2CC(O)C2(C)C)cc1N. The maximum atomic E-state index is 9.66. The van der Waals surface area contributed by atoms with Crippen molar-refractivity contribution in [2.24, 2.45) is 5.41 Å². The smallest absolute Gasteiger partial charge is 0.0630 e. The summed E-state index contributed by atoms with van der Waals surface area (Å²) in [6, 6.07) is 6.33. The number of rotatable bonds is 2. The van der Waals surface area contributed by atoms with Gasteiger partial charge < -0.3 is 16.2 Å². The molecule has 0 amide bonds. The van der Waals surface area contributed by atoms with E-state index < -0.39 is 0 Å². The van der Waals surface area contributed by atoms with Gasteiger partial charge in [-0.1, -0.05) is 19.9 Å². The number of hydrogen-bond donors (Lipinski definition) is 3. The van der Waals surface area contributed by atoms with E-state index in [9.17, 15) is 5.11 Å². The number of benzene rings is 1. The number of nitrogens with two attached hydrogens (primary N) is 1. The molecule has 0 bridgehead atoms. The Labute approximate surface area is 96.7 Å². The number of anilines is 2. The summed E-state index contributed by atoms with van der Waals surface area (Å²) in [5.74, 6) is 0. The van der Waals surface area contributed by atoms with E-state index in [2.05, 4.69) is 19.2 Å². The van der Waals surface area contributed by atoms with E-state index in [0.717, 1.165) is 23.4 Å². The first-order valence-corrected chi connectivity index (χ1v) is 5.72. The molecule has 0 spiro atoms. The minimum atomic E-state index is -0.201. The predicted molar refractivity (Wildman–Crippen MR) is 67.4 cm³/mol. The normalized spacial score (nSPS) is 27.2. The van der Waals surface area contributed by atoms with Gasteiger partial charge in [0.05, 0.1) is 6.10 Å². The molecule has 1 aliphatic rings. The first-order chi connectivity index (χ1) is 7.41. The van der Waals surface area contributed by atoms with Crippen molar-refractivity contribution < 1.29 is 5.11 Å². The van der Waals surface area contributed by atoms with Crippen LogP contribution in [0.3, 0.4) is 0 Å². The van der Waals surface area contributed by atoms with Crippen LogP contribution >= 0.6 is 0 Å². The van der Waals surface area contributed by atoms with Crippen LogP contribution in [-0.4, -0.2) is 17.3 Å². The number of nitrogens with one attached hydrogen (secondary N) is 1. The third kappa shape index (κ3) is 1.76. The molecule has 4 N–H and O–H groups in total. The average Bonchev–Trinajstić information content (AvgIpc) is 2.23. The Bertz CT molecular complexity index is 401. The summed E-state index contributed by atoms with van der Waals surface area (Å²) in [4.78, 5) is 0. The lowest BCUT2D eigenvalue weighted by Crippen LogP contribution is -2.56. The largest absolute Gasteiger partial charge is 0.398 e. The molecule has 1 aromatic carbocycles. The molecular formula is C13H20N2O. The van der Waals surface area contributed by atoms with Crippen LogP contribution in [0.5, 0.6) is 0 Å². The molecule has 1 saturated carbocycles. The Kier molecular flexibility index (Phi) is 2.58. The quantitative estimate of drug-likeness (QED) is 0.669. The van der Waals surface area contributed by atoms with Gasteiger partial charge in [-0.3, -0.25) is 0 Å². The van der Waals surface area contributed by atoms with E-state index >= 15 is 0 Å². The third-order valence-electron chi connectivity index (χ3n) is 3.84. The Morgan fingerprint density at radius 1 is 1.44 bits per heavy atom. The van der Waals surface area contributed by atoms with Crippen LogP contribution < -0.4 is 11.1 Å². The predicted octanol–water partition coefficient (Wildman–Crippen LogP) is 2.15. The summed E-state index contributed by atoms with van der Waals surface area (Å²) in [5.41, 5.74) is 8.74. The highest BCUT2D eigenvalue weighted by molar-refractivity contribution is 5.59. The van der Waals surface area contributed by atoms with Gasteiger partial charge in [-0.05, 0) is 31.0 Å². The molecule has 0 radical (unpaired) electrons. The first kappa shape index (κ1) is 11.3. The zero-order chi connectivity index (χ0) is 11.9. The zero-order valence-electron chi connectivity index (χ0n) is 10.1. The van der Waals surface area contributed by atoms with Crippen molar-refractivity contribution in [2.75, 3.05) is 11.1 Å². The van der Waals surface area contributed by atoms with E-state index in [1.165, 1.54) is 0 Å². The molecule has 3 heteroatoms. The van der Waals surface area contributed by atoms with Gasteiger partial charge in [0.15, 0.2) is 0 Å². The molecular weight excluding hydrogens is 200 g/mol. The number of aryl methyl sites for hydroxylation is 1. The molecule has 88 valence electrons. The number of nitrogen functional groups attached to an aromatic ring is 1. The number of hydrogen-bond acceptors (Lipinski definition) is 3. The van der Waals surface area contributed by atoms with Crippen LogP contribution in [0.4, 0.5) is 11.4 Å². The highest BCUT2D eigenvalue weighted by Crippen LogP contribution is 2.42. The van der Waals surface area contributed by atoms with Gasteiger partial charge in [0.1, 0.15) is 0 Å². The lowest BCUT2D eigenvalue weighted by Gasteiger charge is -2.49. The molecule has 0 aromatic heterocycles. The van der Waals surface area contributed by atoms with Gasteiger partial charge in [-0.15, -0.1) is 0 Å². The molecule has 0 heterocycles. The van der Waals surface area contributed by atoms with Gasteiger partial charge >= 0.3 is 0 Å². The van der Waals surface area contributed by atoms with Crippen LogP contribution in [0.2, 0.25) is 0 Å². The lowest BCUT2D eigenvalue weighted by molar-refractivity contribution is -0.0510. The van der Waals surface area contributed by atoms with Crippen molar-refractivity contribution in [3.63, 3.8) is 0 Å². The molecule has 1 fully saturated rings. The second kappa shape index (κ2) is 3.67. The van der Waals surface area contributed by atoms with Crippen molar-refractivity contribution in [2.45, 2.75) is 39.3 Å². The molecule has 2 unspecified atom stereocenters. The van der Waals surface area contributed by atoms with Gasteiger partial charge in [0.2, 0.25) is 0 Å². The van der Waals surface area contributed by atoms with Crippen molar-refractivity contribution in [3.8, 4) is 0 Å². The molecule has 0 saturated heterocycles. The number of aliphatic hydroxyl groups excluding tert-OH is 1. The van der Waals surface area contributed by atoms with E-state index in [-0.39, 0.29) is 11.5 Å². The summed E-state index contributed by atoms with van der Waals surface area (Å²) < 4.78 is 0. The van der Waals surface area contributed by atoms with Crippen LogP contribution in [-0.2, 0) is 0 Å². The third-order valence-corrected chi connectivity index (χ3v) is 3.84. The Balaban J connectivity index is 2.08. The molecule has 1 aromatic rings. The fraction of sp³-hybridized carbons (Fsp3) is 0.538. The van der Waals surface area contributed by atoms with E-state index in [0.29, 0.717) is 6.04 Å². The minimum absolute atomic E-state index is 0.0559. The average molecular weight is 220 g/mol. The van der Waals surface area contributed by atoms with Crippen molar-refractivity contribution in [1.82, 2.24) is 0 Å². The van der Waals surface area contributed by atoms with E-state index in [4.69, 9.17) is 5.73 Å². The second-order valence-electron chi connectivity index (χ2n) is 5.34. The molecule has 3 nitrogen and oxygen atoms in total. The maximum absolute atomic E-state index is 9.66. The molecule has 0 aliphatic heterocycles. The van der Waals surface area contributed by atoms with Crippen molar-refractivity contribution >= 4 is 11.4 Å². The fourth-order valence-electron chi connectivity index (χ4n) is 2.08. The summed E-state index contributed by atoms with van der Waals surface area (Å²) in [5, 5.41) is 13.1. The van der Waals surface area contributed by atoms with Gasteiger partial charge in [-0.25, -0.2) is 0 Å². The summed E-state index contributed by atoms with van der Waals surface area (Å²) >= 11 is 0. The Morgan fingerprint density at radius 3 is 2.62 bits per heavy atom. The second-order valence-corrected chi connectivity index (χ2v) is 5.34. The molecule has 2 atom stereocenters. The minimum Gasteiger partial charge on any atom is -0.398 e. The van der Waals surface area contributed by atoms with Crippen molar-refractivity contribution in [3.05, 3.63) is 23.8 Å². The molecule has 1 aliphatic carbocycles. The molecule has 16 heavy (non-hydrogen) atoms. The standard InChI is InChI=1S/C13H20N2O/c1-8-4-5-9(6-10(8)14)15-11-7-12(16)13(11,2)3/h4-6,11-12,15-16H,7,14H2,1-3H3. The first-order valence-electron chi connectivity index (χ1n) is 5.72. The van der Waals surface area contributed by atoms with Crippen molar-refractivity contribution in [1.29, 1.82) is 0 Å². The van der Waals surface area contributed by atoms with E-state index in [1.807, 2.05) is 25.1 Å². The van der Waals surface area contributed by atoms with Gasteiger partial charge in [0, 0.05) is 22.8 Å². The van der Waals surface area contributed by atoms with Crippen LogP contribution in [0, 0.1) is 12.3 Å². The van der Waals surface area contributed by atoms with Gasteiger partial charge in [0.25, 0.3) is 0 Å². The summed E-state index contributed by atoms with van der Waals surface area (Å²) in [6.45, 7) is 6.16. The highest BCUT2D eigenvalue weighted by Gasteiger charge is 2.47. The lowest BCUT2D eigenvalue weighted by atomic mass is 9.64. The Hall–Kier alpha value is -1.22.